The van der Waals surface area contributed by atoms with Crippen molar-refractivity contribution in [2.75, 3.05) is 12.9 Å². The Hall–Kier alpha value is -1.34. The van der Waals surface area contributed by atoms with Crippen LogP contribution in [0.4, 0.5) is 0 Å². The fourth-order valence-corrected chi connectivity index (χ4v) is 1.73. The molecule has 86 valence electrons. The molecule has 6 nitrogen and oxygen atoms in total. The van der Waals surface area contributed by atoms with E-state index in [-0.39, 0.29) is 18.2 Å². The van der Waals surface area contributed by atoms with Crippen molar-refractivity contribution in [3.05, 3.63) is 16.6 Å². The molecule has 0 aliphatic carbocycles. The van der Waals surface area contributed by atoms with Gasteiger partial charge >= 0.3 is 0 Å². The van der Waals surface area contributed by atoms with Gasteiger partial charge in [0.1, 0.15) is 5.39 Å². The van der Waals surface area contributed by atoms with Crippen LogP contribution < -0.4 is 5.56 Å². The number of aliphatic hydroxyl groups is 1. The van der Waals surface area contributed by atoms with Gasteiger partial charge in [0.15, 0.2) is 10.8 Å². The van der Waals surface area contributed by atoms with Crippen LogP contribution in [0, 0.1) is 0 Å². The van der Waals surface area contributed by atoms with Crippen LogP contribution in [0.5, 0.6) is 0 Å². The number of aliphatic hydroxyl groups excluding tert-OH is 1. The Bertz CT molecular complexity index is 562. The molecule has 0 aromatic carbocycles. The molecule has 0 bridgehead atoms. The summed E-state index contributed by atoms with van der Waals surface area (Å²) in [6, 6.07) is -0.292. The van der Waals surface area contributed by atoms with Crippen LogP contribution in [0.1, 0.15) is 13.0 Å². The van der Waals surface area contributed by atoms with Gasteiger partial charge in [-0.1, -0.05) is 11.8 Å². The molecule has 2 rings (SSSR count). The molecular weight excluding hydrogens is 228 g/mol. The smallest absolute Gasteiger partial charge is 0.277 e. The second-order valence-corrected chi connectivity index (χ2v) is 4.21. The minimum atomic E-state index is -0.292. The largest absolute Gasteiger partial charge is 0.394 e. The molecule has 0 aliphatic heterocycles. The lowest BCUT2D eigenvalue weighted by atomic mass is 10.4. The van der Waals surface area contributed by atoms with Gasteiger partial charge in [-0.15, -0.1) is 0 Å². The van der Waals surface area contributed by atoms with Crippen molar-refractivity contribution >= 4 is 22.8 Å². The normalized spacial score (nSPS) is 13.2. The molecule has 16 heavy (non-hydrogen) atoms. The maximum absolute atomic E-state index is 11.9. The zero-order valence-electron chi connectivity index (χ0n) is 8.97. The van der Waals surface area contributed by atoms with Crippen molar-refractivity contribution < 1.29 is 5.11 Å². The van der Waals surface area contributed by atoms with Crippen molar-refractivity contribution in [1.82, 2.24) is 19.7 Å². The fraction of sp³-hybridized carbons (Fsp3) is 0.444. The van der Waals surface area contributed by atoms with Crippen LogP contribution >= 0.6 is 11.8 Å². The quantitative estimate of drug-likeness (QED) is 0.599. The Balaban J connectivity index is 2.63. The molecule has 1 unspecified atom stereocenters. The Morgan fingerprint density at radius 3 is 3.06 bits per heavy atom. The molecule has 0 fully saturated rings. The average molecular weight is 240 g/mol. The Morgan fingerprint density at radius 2 is 2.44 bits per heavy atom. The molecule has 2 aromatic heterocycles. The highest BCUT2D eigenvalue weighted by Crippen LogP contribution is 2.12. The van der Waals surface area contributed by atoms with Gasteiger partial charge in [-0.2, -0.15) is 0 Å². The lowest BCUT2D eigenvalue weighted by Gasteiger charge is -2.06. The molecule has 0 spiro atoms. The fourth-order valence-electron chi connectivity index (χ4n) is 1.39. The van der Waals surface area contributed by atoms with Crippen molar-refractivity contribution in [3.63, 3.8) is 0 Å². The maximum atomic E-state index is 11.9. The Morgan fingerprint density at radius 1 is 1.69 bits per heavy atom. The minimum absolute atomic E-state index is 0.102. The van der Waals surface area contributed by atoms with Gasteiger partial charge < -0.3 is 5.11 Å². The monoisotopic (exact) mass is 240 g/mol. The standard InChI is InChI=1S/C9H12N4O2S/c1-5(4-14)13-8(15)6-3-10-9(16-2)11-7(6)12-13/h3,5,14H,4H2,1-2H3,(H,10,11,12). The molecule has 0 amide bonds. The van der Waals surface area contributed by atoms with Gasteiger partial charge in [0.25, 0.3) is 5.56 Å². The summed E-state index contributed by atoms with van der Waals surface area (Å²) < 4.78 is 1.36. The SMILES string of the molecule is CSc1ncc2c(=O)n(C(C)CO)[nH]c2n1. The topological polar surface area (TPSA) is 83.8 Å². The summed E-state index contributed by atoms with van der Waals surface area (Å²) >= 11 is 1.41. The van der Waals surface area contributed by atoms with Crippen LogP contribution in [0.15, 0.2) is 16.1 Å². The molecular formula is C9H12N4O2S. The summed E-state index contributed by atoms with van der Waals surface area (Å²) in [5.41, 5.74) is 0.300. The van der Waals surface area contributed by atoms with Gasteiger partial charge in [0.05, 0.1) is 12.6 Å². The second kappa shape index (κ2) is 4.26. The van der Waals surface area contributed by atoms with Gasteiger partial charge in [0.2, 0.25) is 0 Å². The van der Waals surface area contributed by atoms with E-state index < -0.39 is 0 Å². The maximum Gasteiger partial charge on any atom is 0.277 e. The van der Waals surface area contributed by atoms with Crippen molar-refractivity contribution in [3.8, 4) is 0 Å². The van der Waals surface area contributed by atoms with E-state index in [1.807, 2.05) is 6.26 Å². The molecule has 0 aliphatic rings. The summed E-state index contributed by atoms with van der Waals surface area (Å²) in [7, 11) is 0. The first-order chi connectivity index (χ1) is 7.67. The van der Waals surface area contributed by atoms with E-state index in [9.17, 15) is 4.79 Å². The lowest BCUT2D eigenvalue weighted by Crippen LogP contribution is -2.22. The molecule has 0 saturated heterocycles. The van der Waals surface area contributed by atoms with Crippen LogP contribution in [0.25, 0.3) is 11.0 Å². The molecule has 0 radical (unpaired) electrons. The lowest BCUT2D eigenvalue weighted by molar-refractivity contribution is 0.228. The predicted octanol–water partition coefficient (Wildman–Crippen LogP) is 0.395. The highest BCUT2D eigenvalue weighted by molar-refractivity contribution is 7.98. The number of rotatable bonds is 3. The number of aromatic nitrogens is 4. The third-order valence-electron chi connectivity index (χ3n) is 2.33. The summed E-state index contributed by atoms with van der Waals surface area (Å²) in [6.45, 7) is 1.65. The van der Waals surface area contributed by atoms with E-state index in [0.717, 1.165) is 0 Å². The molecule has 2 aromatic rings. The number of fused-ring (bicyclic) bond motifs is 1. The average Bonchev–Trinajstić information content (AvgIpc) is 2.65. The van der Waals surface area contributed by atoms with E-state index >= 15 is 0 Å². The third-order valence-corrected chi connectivity index (χ3v) is 2.89. The summed E-state index contributed by atoms with van der Waals surface area (Å²) in [6.07, 6.45) is 3.38. The van der Waals surface area contributed by atoms with Crippen molar-refractivity contribution in [2.45, 2.75) is 18.1 Å². The van der Waals surface area contributed by atoms with E-state index in [1.165, 1.54) is 22.6 Å². The number of nitrogens with zero attached hydrogens (tertiary/aromatic N) is 3. The first-order valence-electron chi connectivity index (χ1n) is 4.79. The molecule has 7 heteroatoms. The van der Waals surface area contributed by atoms with Gasteiger partial charge in [0, 0.05) is 6.20 Å². The van der Waals surface area contributed by atoms with Crippen LogP contribution in [0.3, 0.4) is 0 Å². The Kier molecular flexibility index (Phi) is 2.97. The van der Waals surface area contributed by atoms with E-state index in [4.69, 9.17) is 5.11 Å². The first-order valence-corrected chi connectivity index (χ1v) is 6.02. The number of nitrogens with one attached hydrogen (secondary N) is 1. The summed E-state index contributed by atoms with van der Waals surface area (Å²) in [5.74, 6) is 0. The highest BCUT2D eigenvalue weighted by Gasteiger charge is 2.13. The van der Waals surface area contributed by atoms with Gasteiger partial charge in [-0.05, 0) is 13.2 Å². The first kappa shape index (κ1) is 11.2. The van der Waals surface area contributed by atoms with Crippen molar-refractivity contribution in [2.24, 2.45) is 0 Å². The summed E-state index contributed by atoms with van der Waals surface area (Å²) in [4.78, 5) is 20.1. The van der Waals surface area contributed by atoms with E-state index in [0.29, 0.717) is 16.2 Å². The van der Waals surface area contributed by atoms with Crippen LogP contribution in [-0.4, -0.2) is 37.7 Å². The molecule has 2 N–H and O–H groups in total. The van der Waals surface area contributed by atoms with E-state index in [1.54, 1.807) is 6.92 Å². The minimum Gasteiger partial charge on any atom is -0.394 e. The van der Waals surface area contributed by atoms with Crippen LogP contribution in [-0.2, 0) is 0 Å². The molecule has 1 atom stereocenters. The molecule has 0 saturated carbocycles. The second-order valence-electron chi connectivity index (χ2n) is 3.44. The number of hydrogen-bond donors (Lipinski definition) is 2. The van der Waals surface area contributed by atoms with E-state index in [2.05, 4.69) is 15.1 Å². The highest BCUT2D eigenvalue weighted by atomic mass is 32.2. The number of H-pyrrole nitrogens is 1. The number of thioether (sulfide) groups is 1. The third kappa shape index (κ3) is 1.72. The summed E-state index contributed by atoms with van der Waals surface area (Å²) in [5, 5.41) is 12.9. The number of aromatic amines is 1. The predicted molar refractivity (Wildman–Crippen MR) is 61.7 cm³/mol. The zero-order chi connectivity index (χ0) is 11.7. The Labute approximate surface area is 95.7 Å². The molecule has 2 heterocycles. The van der Waals surface area contributed by atoms with Crippen LogP contribution in [0.2, 0.25) is 0 Å². The van der Waals surface area contributed by atoms with Crippen molar-refractivity contribution in [1.29, 1.82) is 0 Å². The van der Waals surface area contributed by atoms with Gasteiger partial charge in [-0.3, -0.25) is 9.89 Å². The number of hydrogen-bond acceptors (Lipinski definition) is 5. The van der Waals surface area contributed by atoms with Gasteiger partial charge in [-0.25, -0.2) is 14.6 Å². The zero-order valence-corrected chi connectivity index (χ0v) is 9.78.